The van der Waals surface area contributed by atoms with Gasteiger partial charge in [-0.1, -0.05) is 68.8 Å². The first-order valence-corrected chi connectivity index (χ1v) is 8.64. The third-order valence-corrected chi connectivity index (χ3v) is 3.40. The molecule has 0 bridgehead atoms. The Hall–Kier alpha value is -2.66. The van der Waals surface area contributed by atoms with E-state index >= 15 is 0 Å². The van der Waals surface area contributed by atoms with E-state index in [0.29, 0.717) is 18.8 Å². The molecule has 0 amide bonds. The number of aliphatic carboxylic acids is 1. The van der Waals surface area contributed by atoms with Crippen LogP contribution < -0.4 is 0 Å². The molecule has 1 aliphatic heterocycles. The van der Waals surface area contributed by atoms with E-state index in [0.717, 1.165) is 30.9 Å². The fraction of sp³-hybridized carbons (Fsp3) is 0.333. The fourth-order valence-corrected chi connectivity index (χ4v) is 1.84. The number of carbonyl (C=O) groups excluding carboxylic acids is 1. The van der Waals surface area contributed by atoms with Gasteiger partial charge in [0.1, 0.15) is 12.7 Å². The molecule has 1 unspecified atom stereocenters. The minimum absolute atomic E-state index is 0.147. The molecule has 5 heteroatoms. The summed E-state index contributed by atoms with van der Waals surface area (Å²) in [6.45, 7) is 6.41. The van der Waals surface area contributed by atoms with Gasteiger partial charge in [0.2, 0.25) is 0 Å². The number of esters is 1. The molecule has 2 rings (SSSR count). The number of hydrogen-bond acceptors (Lipinski definition) is 4. The van der Waals surface area contributed by atoms with Gasteiger partial charge in [-0.2, -0.15) is 0 Å². The van der Waals surface area contributed by atoms with Crippen molar-refractivity contribution < 1.29 is 24.2 Å². The molecule has 1 atom stereocenters. The Kier molecular flexibility index (Phi) is 10.4. The molecule has 1 aromatic rings. The van der Waals surface area contributed by atoms with Gasteiger partial charge in [-0.25, -0.2) is 9.59 Å². The van der Waals surface area contributed by atoms with Crippen LogP contribution in [0.3, 0.4) is 0 Å². The summed E-state index contributed by atoms with van der Waals surface area (Å²) in [4.78, 5) is 21.3. The van der Waals surface area contributed by atoms with E-state index in [1.807, 2.05) is 36.4 Å². The van der Waals surface area contributed by atoms with Crippen LogP contribution in [0, 0.1) is 0 Å². The number of hydrogen-bond donors (Lipinski definition) is 1. The van der Waals surface area contributed by atoms with Crippen molar-refractivity contribution in [2.45, 2.75) is 32.3 Å². The van der Waals surface area contributed by atoms with Gasteiger partial charge in [0.15, 0.2) is 0 Å². The van der Waals surface area contributed by atoms with E-state index < -0.39 is 5.97 Å². The molecular weight excluding hydrogens is 332 g/mol. The van der Waals surface area contributed by atoms with Crippen LogP contribution in [0.2, 0.25) is 0 Å². The largest absolute Gasteiger partial charge is 0.478 e. The number of ether oxygens (including phenoxy) is 2. The first-order chi connectivity index (χ1) is 12.6. The van der Waals surface area contributed by atoms with Crippen LogP contribution in [0.25, 0.3) is 6.08 Å². The fourth-order valence-electron chi connectivity index (χ4n) is 1.84. The van der Waals surface area contributed by atoms with Crippen molar-refractivity contribution in [1.82, 2.24) is 0 Å². The lowest BCUT2D eigenvalue weighted by Gasteiger charge is -1.96. The summed E-state index contributed by atoms with van der Waals surface area (Å²) in [6, 6.07) is 9.69. The number of allylic oxidation sites excluding steroid dienone is 1. The second-order valence-electron chi connectivity index (χ2n) is 5.64. The van der Waals surface area contributed by atoms with E-state index in [1.54, 1.807) is 12.2 Å². The van der Waals surface area contributed by atoms with E-state index in [1.165, 1.54) is 0 Å². The monoisotopic (exact) mass is 358 g/mol. The van der Waals surface area contributed by atoms with Crippen molar-refractivity contribution in [3.63, 3.8) is 0 Å². The van der Waals surface area contributed by atoms with Gasteiger partial charge in [-0.3, -0.25) is 0 Å². The van der Waals surface area contributed by atoms with Crippen LogP contribution in [0.15, 0.2) is 60.7 Å². The average Bonchev–Trinajstić information content (AvgIpc) is 3.48. The van der Waals surface area contributed by atoms with Gasteiger partial charge in [0.05, 0.1) is 12.2 Å². The quantitative estimate of drug-likeness (QED) is 0.237. The molecule has 140 valence electrons. The van der Waals surface area contributed by atoms with Crippen molar-refractivity contribution in [3.05, 3.63) is 66.3 Å². The highest BCUT2D eigenvalue weighted by Gasteiger charge is 2.23. The SMILES string of the molecule is C=CC(=O)OCC1CO1.CCCCC=C(C=Cc1ccccc1)C(=O)O. The van der Waals surface area contributed by atoms with Gasteiger partial charge >= 0.3 is 11.9 Å². The van der Waals surface area contributed by atoms with Gasteiger partial charge < -0.3 is 14.6 Å². The molecule has 0 saturated carbocycles. The van der Waals surface area contributed by atoms with E-state index in [4.69, 9.17) is 9.84 Å². The second kappa shape index (κ2) is 12.7. The van der Waals surface area contributed by atoms with Crippen LogP contribution in [0.4, 0.5) is 0 Å². The zero-order valence-corrected chi connectivity index (χ0v) is 15.1. The molecule has 0 radical (unpaired) electrons. The lowest BCUT2D eigenvalue weighted by molar-refractivity contribution is -0.138. The minimum Gasteiger partial charge on any atom is -0.478 e. The van der Waals surface area contributed by atoms with Crippen LogP contribution in [0.5, 0.6) is 0 Å². The number of unbranched alkanes of at least 4 members (excludes halogenated alkanes) is 2. The van der Waals surface area contributed by atoms with Crippen molar-refractivity contribution in [1.29, 1.82) is 0 Å². The van der Waals surface area contributed by atoms with Gasteiger partial charge in [-0.15, -0.1) is 0 Å². The molecular formula is C21H26O5. The van der Waals surface area contributed by atoms with Gasteiger partial charge in [0.25, 0.3) is 0 Å². The summed E-state index contributed by atoms with van der Waals surface area (Å²) in [5.41, 5.74) is 1.37. The Balaban J connectivity index is 0.000000314. The third kappa shape index (κ3) is 10.3. The molecule has 1 aliphatic rings. The van der Waals surface area contributed by atoms with Crippen molar-refractivity contribution in [2.75, 3.05) is 13.2 Å². The molecule has 1 heterocycles. The smallest absolute Gasteiger partial charge is 0.335 e. The standard InChI is InChI=1S/C15H18O2.C6H8O3/c1-2-3-5-10-14(15(16)17)12-11-13-8-6-4-7-9-13;1-2-6(7)9-4-5-3-8-5/h4,6-12H,2-3,5H2,1H3,(H,16,17);2,5H,1,3-4H2. The Morgan fingerprint density at radius 2 is 2.04 bits per heavy atom. The van der Waals surface area contributed by atoms with E-state index in [2.05, 4.69) is 18.2 Å². The second-order valence-corrected chi connectivity index (χ2v) is 5.64. The zero-order chi connectivity index (χ0) is 19.2. The molecule has 5 nitrogen and oxygen atoms in total. The van der Waals surface area contributed by atoms with Crippen molar-refractivity contribution >= 4 is 18.0 Å². The van der Waals surface area contributed by atoms with Crippen LogP contribution in [0.1, 0.15) is 31.7 Å². The van der Waals surface area contributed by atoms with Gasteiger partial charge in [0, 0.05) is 6.08 Å². The maximum absolute atomic E-state index is 11.0. The Morgan fingerprint density at radius 1 is 1.35 bits per heavy atom. The number of benzene rings is 1. The highest BCUT2D eigenvalue weighted by atomic mass is 16.6. The summed E-state index contributed by atoms with van der Waals surface area (Å²) in [5, 5.41) is 9.03. The predicted octanol–water partition coefficient (Wildman–Crippen LogP) is 4.02. The Labute approximate surface area is 154 Å². The topological polar surface area (TPSA) is 76.1 Å². The maximum atomic E-state index is 11.0. The summed E-state index contributed by atoms with van der Waals surface area (Å²) in [5.74, 6) is -1.25. The summed E-state index contributed by atoms with van der Waals surface area (Å²) >= 11 is 0. The van der Waals surface area contributed by atoms with Crippen molar-refractivity contribution in [2.24, 2.45) is 0 Å². The summed E-state index contributed by atoms with van der Waals surface area (Å²) in [6.07, 6.45) is 9.47. The summed E-state index contributed by atoms with van der Waals surface area (Å²) in [7, 11) is 0. The molecule has 1 aromatic carbocycles. The highest BCUT2D eigenvalue weighted by Crippen LogP contribution is 2.08. The Bertz CT molecular complexity index is 627. The molecule has 1 fully saturated rings. The number of carboxylic acid groups (broad SMARTS) is 1. The first kappa shape index (κ1) is 21.4. The summed E-state index contributed by atoms with van der Waals surface area (Å²) < 4.78 is 9.42. The third-order valence-electron chi connectivity index (χ3n) is 3.40. The molecule has 0 spiro atoms. The van der Waals surface area contributed by atoms with Crippen LogP contribution in [-0.2, 0) is 19.1 Å². The number of carboxylic acids is 1. The number of carbonyl (C=O) groups is 2. The number of rotatable bonds is 9. The average molecular weight is 358 g/mol. The molecule has 0 aromatic heterocycles. The highest BCUT2D eigenvalue weighted by molar-refractivity contribution is 5.91. The molecule has 26 heavy (non-hydrogen) atoms. The van der Waals surface area contributed by atoms with Crippen LogP contribution >= 0.6 is 0 Å². The molecule has 1 N–H and O–H groups in total. The van der Waals surface area contributed by atoms with Crippen molar-refractivity contribution in [3.8, 4) is 0 Å². The predicted molar refractivity (Wildman–Crippen MR) is 102 cm³/mol. The minimum atomic E-state index is -0.867. The van der Waals surface area contributed by atoms with E-state index in [9.17, 15) is 9.59 Å². The Morgan fingerprint density at radius 3 is 2.58 bits per heavy atom. The molecule has 1 saturated heterocycles. The van der Waals surface area contributed by atoms with E-state index in [-0.39, 0.29) is 12.1 Å². The lowest BCUT2D eigenvalue weighted by atomic mass is 10.1. The zero-order valence-electron chi connectivity index (χ0n) is 15.1. The normalized spacial score (nSPS) is 15.7. The maximum Gasteiger partial charge on any atom is 0.335 e. The molecule has 0 aliphatic carbocycles. The van der Waals surface area contributed by atoms with Crippen LogP contribution in [-0.4, -0.2) is 36.4 Å². The lowest BCUT2D eigenvalue weighted by Crippen LogP contribution is -2.06. The first-order valence-electron chi connectivity index (χ1n) is 8.64. The van der Waals surface area contributed by atoms with Gasteiger partial charge in [-0.05, 0) is 18.1 Å². The number of epoxide rings is 1.